The maximum atomic E-state index is 10.6. The third-order valence-electron chi connectivity index (χ3n) is 2.53. The lowest BCUT2D eigenvalue weighted by Crippen LogP contribution is -2.30. The highest BCUT2D eigenvalue weighted by molar-refractivity contribution is 5.56. The summed E-state index contributed by atoms with van der Waals surface area (Å²) in [6.45, 7) is 3.71. The third kappa shape index (κ3) is 3.15. The summed E-state index contributed by atoms with van der Waals surface area (Å²) in [4.78, 5) is 13.8. The van der Waals surface area contributed by atoms with Crippen LogP contribution >= 0.6 is 0 Å². The van der Waals surface area contributed by atoms with Gasteiger partial charge in [-0.3, -0.25) is 10.1 Å². The van der Waals surface area contributed by atoms with Crippen molar-refractivity contribution in [3.8, 4) is 6.07 Å². The molecule has 0 aliphatic carbocycles. The van der Waals surface area contributed by atoms with Gasteiger partial charge in [0.15, 0.2) is 0 Å². The van der Waals surface area contributed by atoms with Gasteiger partial charge in [0.2, 0.25) is 0 Å². The number of aromatic nitrogens is 1. The zero-order valence-corrected chi connectivity index (χ0v) is 10.1. The quantitative estimate of drug-likeness (QED) is 0.601. The number of nitrogens with zero attached hydrogens (tertiary/aromatic N) is 3. The lowest BCUT2D eigenvalue weighted by molar-refractivity contribution is -0.385. The van der Waals surface area contributed by atoms with Crippen LogP contribution < -0.4 is 5.32 Å². The van der Waals surface area contributed by atoms with Gasteiger partial charge >= 0.3 is 0 Å². The van der Waals surface area contributed by atoms with E-state index in [1.54, 1.807) is 0 Å². The molecule has 1 aromatic rings. The normalized spacial score (nSPS) is 11.9. The van der Waals surface area contributed by atoms with E-state index in [4.69, 9.17) is 5.26 Å². The second-order valence-electron chi connectivity index (χ2n) is 4.14. The van der Waals surface area contributed by atoms with Gasteiger partial charge in [-0.25, -0.2) is 4.98 Å². The van der Waals surface area contributed by atoms with Crippen molar-refractivity contribution < 1.29 is 10.0 Å². The average Bonchev–Trinajstić information content (AvgIpc) is 2.35. The molecular formula is C11H14N4O3. The van der Waals surface area contributed by atoms with Gasteiger partial charge in [-0.05, 0) is 5.92 Å². The van der Waals surface area contributed by atoms with Gasteiger partial charge in [0.05, 0.1) is 17.6 Å². The largest absolute Gasteiger partial charge is 0.394 e. The maximum Gasteiger partial charge on any atom is 0.289 e. The molecule has 1 atom stereocenters. The molecule has 0 aromatic carbocycles. The summed E-state index contributed by atoms with van der Waals surface area (Å²) in [6.07, 6.45) is 1.08. The number of nitrogens with one attached hydrogen (secondary N) is 1. The van der Waals surface area contributed by atoms with Gasteiger partial charge in [0.1, 0.15) is 23.6 Å². The van der Waals surface area contributed by atoms with Crippen molar-refractivity contribution >= 4 is 11.5 Å². The van der Waals surface area contributed by atoms with Crippen LogP contribution in [0.5, 0.6) is 0 Å². The molecule has 18 heavy (non-hydrogen) atoms. The molecule has 0 radical (unpaired) electrons. The van der Waals surface area contributed by atoms with Crippen molar-refractivity contribution in [1.29, 1.82) is 5.26 Å². The van der Waals surface area contributed by atoms with Gasteiger partial charge in [0, 0.05) is 6.07 Å². The zero-order chi connectivity index (χ0) is 13.7. The molecule has 0 saturated heterocycles. The number of aliphatic hydroxyl groups is 1. The first-order valence-electron chi connectivity index (χ1n) is 5.41. The van der Waals surface area contributed by atoms with Crippen molar-refractivity contribution in [2.24, 2.45) is 5.92 Å². The first kappa shape index (κ1) is 13.9. The van der Waals surface area contributed by atoms with Crippen molar-refractivity contribution in [3.63, 3.8) is 0 Å². The molecule has 1 heterocycles. The molecule has 96 valence electrons. The monoisotopic (exact) mass is 250 g/mol. The van der Waals surface area contributed by atoms with Gasteiger partial charge in [-0.15, -0.1) is 0 Å². The predicted octanol–water partition coefficient (Wildman–Crippen LogP) is 1.29. The summed E-state index contributed by atoms with van der Waals surface area (Å²) >= 11 is 0. The van der Waals surface area contributed by atoms with E-state index < -0.39 is 4.92 Å². The summed E-state index contributed by atoms with van der Waals surface area (Å²) in [5.41, 5.74) is -0.148. The van der Waals surface area contributed by atoms with Crippen LogP contribution in [0.2, 0.25) is 0 Å². The topological polar surface area (TPSA) is 112 Å². The Morgan fingerprint density at radius 3 is 2.78 bits per heavy atom. The highest BCUT2D eigenvalue weighted by Gasteiger charge is 2.17. The Hall–Kier alpha value is -2.20. The van der Waals surface area contributed by atoms with E-state index in [9.17, 15) is 15.2 Å². The highest BCUT2D eigenvalue weighted by Crippen LogP contribution is 2.20. The average molecular weight is 250 g/mol. The van der Waals surface area contributed by atoms with Crippen LogP contribution in [0.3, 0.4) is 0 Å². The van der Waals surface area contributed by atoms with Crippen molar-refractivity contribution in [1.82, 2.24) is 4.98 Å². The number of hydrogen-bond acceptors (Lipinski definition) is 6. The summed E-state index contributed by atoms with van der Waals surface area (Å²) in [6, 6.07) is 2.75. The van der Waals surface area contributed by atoms with Crippen LogP contribution in [-0.2, 0) is 0 Å². The van der Waals surface area contributed by atoms with Crippen LogP contribution in [0.1, 0.15) is 19.4 Å². The number of anilines is 1. The number of hydrogen-bond donors (Lipinski definition) is 2. The second kappa shape index (κ2) is 5.93. The molecule has 0 unspecified atom stereocenters. The lowest BCUT2D eigenvalue weighted by atomic mass is 10.1. The molecule has 0 aliphatic rings. The first-order valence-corrected chi connectivity index (χ1v) is 5.41. The Bertz CT molecular complexity index is 482. The Kier molecular flexibility index (Phi) is 4.57. The molecule has 7 heteroatoms. The van der Waals surface area contributed by atoms with Gasteiger partial charge < -0.3 is 10.4 Å². The van der Waals surface area contributed by atoms with E-state index in [0.29, 0.717) is 0 Å². The fraction of sp³-hybridized carbons (Fsp3) is 0.455. The van der Waals surface area contributed by atoms with Crippen molar-refractivity contribution in [2.75, 3.05) is 11.9 Å². The Balaban J connectivity index is 3.03. The summed E-state index contributed by atoms with van der Waals surface area (Å²) in [7, 11) is 0. The number of nitriles is 1. The van der Waals surface area contributed by atoms with E-state index in [1.165, 1.54) is 0 Å². The standard InChI is InChI=1S/C11H14N4O3/c1-7(2)10(6-16)14-11-8(4-12)3-9(5-13-11)15(17)18/h3,5,7,10,16H,6H2,1-2H3,(H,13,14)/t10-/m1/s1. The van der Waals surface area contributed by atoms with Crippen LogP contribution in [-0.4, -0.2) is 27.7 Å². The number of pyridine rings is 1. The Morgan fingerprint density at radius 1 is 1.67 bits per heavy atom. The maximum absolute atomic E-state index is 10.6. The molecule has 0 fully saturated rings. The summed E-state index contributed by atoms with van der Waals surface area (Å²) in [5.74, 6) is 0.384. The molecular weight excluding hydrogens is 236 g/mol. The fourth-order valence-corrected chi connectivity index (χ4v) is 1.35. The van der Waals surface area contributed by atoms with E-state index in [0.717, 1.165) is 12.3 Å². The van der Waals surface area contributed by atoms with E-state index in [1.807, 2.05) is 19.9 Å². The zero-order valence-electron chi connectivity index (χ0n) is 10.1. The van der Waals surface area contributed by atoms with E-state index in [-0.39, 0.29) is 35.6 Å². The molecule has 0 aliphatic heterocycles. The Morgan fingerprint density at radius 2 is 2.33 bits per heavy atom. The van der Waals surface area contributed by atoms with Crippen LogP contribution in [0, 0.1) is 27.4 Å². The third-order valence-corrected chi connectivity index (χ3v) is 2.53. The van der Waals surface area contributed by atoms with Crippen molar-refractivity contribution in [3.05, 3.63) is 27.9 Å². The molecule has 0 bridgehead atoms. The SMILES string of the molecule is CC(C)[C@@H](CO)Nc1ncc([N+](=O)[O-])cc1C#N. The molecule has 0 amide bonds. The van der Waals surface area contributed by atoms with Gasteiger partial charge in [0.25, 0.3) is 5.69 Å². The fourth-order valence-electron chi connectivity index (χ4n) is 1.35. The van der Waals surface area contributed by atoms with E-state index in [2.05, 4.69) is 10.3 Å². The minimum absolute atomic E-state index is 0.0864. The number of aliphatic hydroxyl groups excluding tert-OH is 1. The van der Waals surface area contributed by atoms with Crippen LogP contribution in [0.25, 0.3) is 0 Å². The van der Waals surface area contributed by atoms with Gasteiger partial charge in [-0.2, -0.15) is 5.26 Å². The lowest BCUT2D eigenvalue weighted by Gasteiger charge is -2.20. The molecule has 7 nitrogen and oxygen atoms in total. The summed E-state index contributed by atoms with van der Waals surface area (Å²) in [5, 5.41) is 31.6. The van der Waals surface area contributed by atoms with Crippen molar-refractivity contribution in [2.45, 2.75) is 19.9 Å². The number of nitro groups is 1. The minimum Gasteiger partial charge on any atom is -0.394 e. The first-order chi connectivity index (χ1) is 8.49. The van der Waals surface area contributed by atoms with Crippen LogP contribution in [0.4, 0.5) is 11.5 Å². The van der Waals surface area contributed by atoms with Gasteiger partial charge in [-0.1, -0.05) is 13.8 Å². The number of rotatable bonds is 5. The summed E-state index contributed by atoms with van der Waals surface area (Å²) < 4.78 is 0. The second-order valence-corrected chi connectivity index (χ2v) is 4.14. The van der Waals surface area contributed by atoms with E-state index >= 15 is 0 Å². The van der Waals surface area contributed by atoms with Crippen LogP contribution in [0.15, 0.2) is 12.3 Å². The molecule has 2 N–H and O–H groups in total. The predicted molar refractivity (Wildman–Crippen MR) is 64.9 cm³/mol. The minimum atomic E-state index is -0.608. The molecule has 0 spiro atoms. The molecule has 0 saturated carbocycles. The highest BCUT2D eigenvalue weighted by atomic mass is 16.6. The smallest absolute Gasteiger partial charge is 0.289 e. The molecule has 1 aromatic heterocycles. The Labute approximate surface area is 104 Å². The molecule has 1 rings (SSSR count).